The topological polar surface area (TPSA) is 27.3 Å². The summed E-state index contributed by atoms with van der Waals surface area (Å²) in [5.41, 5.74) is 8.17. The number of hydrogen-bond acceptors (Lipinski definition) is 3. The zero-order chi connectivity index (χ0) is 20.1. The highest BCUT2D eigenvalue weighted by Crippen LogP contribution is 2.30. The number of nitrogens with one attached hydrogen (secondary N) is 2. The Morgan fingerprint density at radius 2 is 1.96 bits per heavy atom. The van der Waals surface area contributed by atoms with Crippen LogP contribution in [0.4, 0.5) is 10.1 Å². The number of allylic oxidation sites excluding steroid dienone is 3. The van der Waals surface area contributed by atoms with Crippen LogP contribution in [0.15, 0.2) is 71.4 Å². The quantitative estimate of drug-likeness (QED) is 0.485. The maximum Gasteiger partial charge on any atom is 0.146 e. The van der Waals surface area contributed by atoms with E-state index < -0.39 is 0 Å². The fraction of sp³-hybridized carbons (Fsp3) is 0.348. The second-order valence-corrected chi connectivity index (χ2v) is 7.21. The maximum atomic E-state index is 14.5. The molecule has 0 atom stereocenters. The molecule has 4 heteroatoms. The van der Waals surface area contributed by atoms with Gasteiger partial charge in [0.25, 0.3) is 0 Å². The summed E-state index contributed by atoms with van der Waals surface area (Å²) in [7, 11) is 3.87. The second kappa shape index (κ2) is 8.79. The van der Waals surface area contributed by atoms with Crippen LogP contribution in [-0.4, -0.2) is 25.0 Å². The SMILES string of the molecule is C=C=C(NC1CC1)C(/C(C)=C(/C)C=C)=C(\Nc1ccc(C)cc1F)N(C)C. The first-order valence-electron chi connectivity index (χ1n) is 9.20. The molecular formula is C23H30FN3. The first kappa shape index (κ1) is 20.6. The molecule has 0 amide bonds. The van der Waals surface area contributed by atoms with Crippen molar-refractivity contribution in [1.29, 1.82) is 0 Å². The van der Waals surface area contributed by atoms with Crippen molar-refractivity contribution in [3.05, 3.63) is 82.8 Å². The van der Waals surface area contributed by atoms with E-state index in [1.165, 1.54) is 6.07 Å². The van der Waals surface area contributed by atoms with Crippen molar-refractivity contribution in [3.8, 4) is 0 Å². The monoisotopic (exact) mass is 367 g/mol. The highest BCUT2D eigenvalue weighted by Gasteiger charge is 2.26. The fourth-order valence-electron chi connectivity index (χ4n) is 2.72. The number of anilines is 1. The van der Waals surface area contributed by atoms with Crippen molar-refractivity contribution in [2.24, 2.45) is 0 Å². The zero-order valence-corrected chi connectivity index (χ0v) is 17.0. The highest BCUT2D eigenvalue weighted by atomic mass is 19.1. The van der Waals surface area contributed by atoms with Crippen LogP contribution in [0.5, 0.6) is 0 Å². The Kier molecular flexibility index (Phi) is 6.70. The largest absolute Gasteiger partial charge is 0.375 e. The van der Waals surface area contributed by atoms with Crippen molar-refractivity contribution in [1.82, 2.24) is 10.2 Å². The number of hydrogen-bond donors (Lipinski definition) is 2. The second-order valence-electron chi connectivity index (χ2n) is 7.21. The Labute approximate surface area is 162 Å². The standard InChI is InChI=1S/C23H30FN3/c1-8-16(4)17(5)22(20(9-2)25-18-11-12-18)23(27(6)7)26-21-13-10-15(3)14-19(21)24/h8,10,13-14,18,25-26H,1-2,11-12H2,3-7H3/b17-16-,23-22+. The minimum Gasteiger partial charge on any atom is -0.375 e. The van der Waals surface area contributed by atoms with E-state index in [-0.39, 0.29) is 5.82 Å². The molecule has 2 rings (SSSR count). The maximum absolute atomic E-state index is 14.5. The average molecular weight is 368 g/mol. The molecule has 0 heterocycles. The summed E-state index contributed by atoms with van der Waals surface area (Å²) in [4.78, 5) is 1.94. The van der Waals surface area contributed by atoms with Gasteiger partial charge in [-0.25, -0.2) is 4.39 Å². The van der Waals surface area contributed by atoms with Gasteiger partial charge in [-0.15, -0.1) is 5.73 Å². The van der Waals surface area contributed by atoms with Crippen LogP contribution in [-0.2, 0) is 0 Å². The van der Waals surface area contributed by atoms with Crippen molar-refractivity contribution < 1.29 is 4.39 Å². The van der Waals surface area contributed by atoms with Gasteiger partial charge < -0.3 is 15.5 Å². The third-order valence-electron chi connectivity index (χ3n) is 4.69. The van der Waals surface area contributed by atoms with E-state index in [0.29, 0.717) is 11.7 Å². The van der Waals surface area contributed by atoms with E-state index in [9.17, 15) is 4.39 Å². The first-order valence-corrected chi connectivity index (χ1v) is 9.20. The molecule has 27 heavy (non-hydrogen) atoms. The Morgan fingerprint density at radius 3 is 2.44 bits per heavy atom. The van der Waals surface area contributed by atoms with Crippen LogP contribution in [0.2, 0.25) is 0 Å². The van der Waals surface area contributed by atoms with Gasteiger partial charge >= 0.3 is 0 Å². The van der Waals surface area contributed by atoms with Gasteiger partial charge in [-0.3, -0.25) is 0 Å². The third kappa shape index (κ3) is 5.15. The van der Waals surface area contributed by atoms with Gasteiger partial charge in [-0.1, -0.05) is 25.3 Å². The third-order valence-corrected chi connectivity index (χ3v) is 4.69. The summed E-state index contributed by atoms with van der Waals surface area (Å²) < 4.78 is 14.5. The molecule has 3 nitrogen and oxygen atoms in total. The number of halogens is 1. The number of aryl methyl sites for hydroxylation is 1. The molecule has 0 bridgehead atoms. The number of benzene rings is 1. The average Bonchev–Trinajstić information content (AvgIpc) is 3.44. The lowest BCUT2D eigenvalue weighted by Gasteiger charge is -2.26. The van der Waals surface area contributed by atoms with Crippen LogP contribution in [0, 0.1) is 12.7 Å². The Balaban J connectivity index is 2.64. The fourth-order valence-corrected chi connectivity index (χ4v) is 2.72. The van der Waals surface area contributed by atoms with Gasteiger partial charge in [0.15, 0.2) is 0 Å². The van der Waals surface area contributed by atoms with E-state index in [0.717, 1.165) is 46.6 Å². The highest BCUT2D eigenvalue weighted by molar-refractivity contribution is 5.58. The van der Waals surface area contributed by atoms with Crippen molar-refractivity contribution in [2.45, 2.75) is 39.7 Å². The summed E-state index contributed by atoms with van der Waals surface area (Å²) in [5.74, 6) is 0.491. The summed E-state index contributed by atoms with van der Waals surface area (Å²) in [5, 5.41) is 6.78. The lowest BCUT2D eigenvalue weighted by atomic mass is 9.98. The van der Waals surface area contributed by atoms with Gasteiger partial charge in [-0.2, -0.15) is 0 Å². The van der Waals surface area contributed by atoms with E-state index in [1.807, 2.05) is 51.9 Å². The molecule has 2 N–H and O–H groups in total. The molecule has 0 unspecified atom stereocenters. The Morgan fingerprint density at radius 1 is 1.30 bits per heavy atom. The minimum absolute atomic E-state index is 0.282. The summed E-state index contributed by atoms with van der Waals surface area (Å²) in [6.45, 7) is 13.7. The molecule has 0 aromatic heterocycles. The lowest BCUT2D eigenvalue weighted by Crippen LogP contribution is -2.26. The first-order chi connectivity index (χ1) is 12.8. The molecule has 1 aromatic rings. The number of rotatable bonds is 8. The van der Waals surface area contributed by atoms with Crippen molar-refractivity contribution >= 4 is 5.69 Å². The molecule has 0 spiro atoms. The van der Waals surface area contributed by atoms with E-state index >= 15 is 0 Å². The smallest absolute Gasteiger partial charge is 0.146 e. The van der Waals surface area contributed by atoms with Crippen molar-refractivity contribution in [3.63, 3.8) is 0 Å². The predicted molar refractivity (Wildman–Crippen MR) is 113 cm³/mol. The van der Waals surface area contributed by atoms with Crippen LogP contribution in [0.3, 0.4) is 0 Å². The summed E-state index contributed by atoms with van der Waals surface area (Å²) in [6.07, 6.45) is 4.10. The van der Waals surface area contributed by atoms with Crippen LogP contribution < -0.4 is 10.6 Å². The predicted octanol–water partition coefficient (Wildman–Crippen LogP) is 5.26. The number of nitrogens with zero attached hydrogens (tertiary/aromatic N) is 1. The molecular weight excluding hydrogens is 337 g/mol. The molecule has 1 saturated carbocycles. The van der Waals surface area contributed by atoms with Gasteiger partial charge in [0.05, 0.1) is 11.4 Å². The van der Waals surface area contributed by atoms with Crippen molar-refractivity contribution in [2.75, 3.05) is 19.4 Å². The van der Waals surface area contributed by atoms with Gasteiger partial charge in [-0.05, 0) is 62.5 Å². The summed E-state index contributed by atoms with van der Waals surface area (Å²) in [6, 6.07) is 5.62. The Hall–Kier alpha value is -2.71. The molecule has 0 saturated heterocycles. The molecule has 0 radical (unpaired) electrons. The molecule has 1 fully saturated rings. The molecule has 0 aliphatic heterocycles. The molecule has 1 aliphatic carbocycles. The van der Waals surface area contributed by atoms with Gasteiger partial charge in [0, 0.05) is 25.7 Å². The van der Waals surface area contributed by atoms with Gasteiger partial charge in [0.1, 0.15) is 11.6 Å². The molecule has 144 valence electrons. The zero-order valence-electron chi connectivity index (χ0n) is 17.0. The molecule has 1 aromatic carbocycles. The van der Waals surface area contributed by atoms with E-state index in [1.54, 1.807) is 6.07 Å². The van der Waals surface area contributed by atoms with Crippen LogP contribution >= 0.6 is 0 Å². The normalized spacial score (nSPS) is 15.2. The van der Waals surface area contributed by atoms with Gasteiger partial charge in [0.2, 0.25) is 0 Å². The summed E-state index contributed by atoms with van der Waals surface area (Å²) >= 11 is 0. The Bertz CT molecular complexity index is 835. The lowest BCUT2D eigenvalue weighted by molar-refractivity contribution is 0.510. The van der Waals surface area contributed by atoms with E-state index in [4.69, 9.17) is 0 Å². The molecule has 1 aliphatic rings. The van der Waals surface area contributed by atoms with Crippen LogP contribution in [0.1, 0.15) is 32.3 Å². The van der Waals surface area contributed by atoms with E-state index in [2.05, 4.69) is 29.5 Å². The van der Waals surface area contributed by atoms with Crippen LogP contribution in [0.25, 0.3) is 0 Å². The minimum atomic E-state index is -0.282.